The lowest BCUT2D eigenvalue weighted by molar-refractivity contribution is 0.221. The Morgan fingerprint density at radius 3 is 2.42 bits per heavy atom. The highest BCUT2D eigenvalue weighted by molar-refractivity contribution is 14.0. The Morgan fingerprint density at radius 2 is 1.74 bits per heavy atom. The number of methoxy groups -OCH3 is 1. The third kappa shape index (κ3) is 7.88. The molecule has 2 aromatic rings. The number of phenols is 1. The number of benzene rings is 2. The number of ether oxygens (including phenoxy) is 1. The van der Waals surface area contributed by atoms with E-state index in [1.54, 1.807) is 13.2 Å². The van der Waals surface area contributed by atoms with Gasteiger partial charge in [0, 0.05) is 25.2 Å². The second-order valence-corrected chi connectivity index (χ2v) is 7.67. The molecule has 3 N–H and O–H groups in total. The summed E-state index contributed by atoms with van der Waals surface area (Å²) in [6.45, 7) is 7.34. The smallest absolute Gasteiger partial charge is 0.191 e. The number of phenolic OH excluding ortho intramolecular Hbond substituents is 1. The van der Waals surface area contributed by atoms with Crippen LogP contribution in [0, 0.1) is 0 Å². The van der Waals surface area contributed by atoms with Crippen molar-refractivity contribution in [2.24, 2.45) is 4.99 Å². The quantitative estimate of drug-likeness (QED) is 0.266. The van der Waals surface area contributed by atoms with Gasteiger partial charge in [0.05, 0.1) is 13.7 Å². The van der Waals surface area contributed by atoms with Crippen molar-refractivity contribution in [1.29, 1.82) is 0 Å². The number of para-hydroxylation sites is 1. The number of aliphatic imine (C=N–C) groups is 1. The molecule has 7 heteroatoms. The van der Waals surface area contributed by atoms with Gasteiger partial charge in [-0.2, -0.15) is 0 Å². The molecule has 31 heavy (non-hydrogen) atoms. The van der Waals surface area contributed by atoms with Gasteiger partial charge in [-0.15, -0.1) is 24.0 Å². The van der Waals surface area contributed by atoms with E-state index in [2.05, 4.69) is 44.8 Å². The van der Waals surface area contributed by atoms with Crippen molar-refractivity contribution in [2.45, 2.75) is 45.8 Å². The molecule has 1 heterocycles. The molecule has 3 rings (SSSR count). The van der Waals surface area contributed by atoms with Crippen LogP contribution >= 0.6 is 24.0 Å². The number of aromatic hydroxyl groups is 1. The number of guanidine groups is 1. The van der Waals surface area contributed by atoms with E-state index in [0.29, 0.717) is 18.8 Å². The zero-order valence-electron chi connectivity index (χ0n) is 18.6. The highest BCUT2D eigenvalue weighted by atomic mass is 127. The van der Waals surface area contributed by atoms with Crippen molar-refractivity contribution in [3.8, 4) is 11.5 Å². The number of rotatable bonds is 8. The average Bonchev–Trinajstić information content (AvgIpc) is 2.78. The summed E-state index contributed by atoms with van der Waals surface area (Å²) < 4.78 is 5.18. The fourth-order valence-electron chi connectivity index (χ4n) is 3.69. The van der Waals surface area contributed by atoms with E-state index in [9.17, 15) is 5.11 Å². The minimum absolute atomic E-state index is 0. The summed E-state index contributed by atoms with van der Waals surface area (Å²) in [5.74, 6) is 1.35. The van der Waals surface area contributed by atoms with Crippen LogP contribution in [0.25, 0.3) is 0 Å². The first kappa shape index (κ1) is 25.3. The van der Waals surface area contributed by atoms with Gasteiger partial charge < -0.3 is 20.5 Å². The van der Waals surface area contributed by atoms with Gasteiger partial charge in [0.2, 0.25) is 0 Å². The Labute approximate surface area is 203 Å². The monoisotopic (exact) mass is 538 g/mol. The van der Waals surface area contributed by atoms with Crippen molar-refractivity contribution in [3.63, 3.8) is 0 Å². The van der Waals surface area contributed by atoms with E-state index in [-0.39, 0.29) is 29.7 Å². The molecule has 1 fully saturated rings. The lowest BCUT2D eigenvalue weighted by Gasteiger charge is -2.26. The fourth-order valence-corrected chi connectivity index (χ4v) is 3.69. The van der Waals surface area contributed by atoms with Crippen LogP contribution in [0.1, 0.15) is 42.9 Å². The molecule has 0 atom stereocenters. The molecule has 6 nitrogen and oxygen atoms in total. The zero-order valence-corrected chi connectivity index (χ0v) is 20.9. The van der Waals surface area contributed by atoms with E-state index in [1.165, 1.54) is 43.5 Å². The molecule has 170 valence electrons. The number of hydrogen-bond acceptors (Lipinski definition) is 4. The average molecular weight is 538 g/mol. The molecule has 1 aliphatic rings. The standard InChI is InChI=1S/C24H34N4O2.HI/c1-3-25-24(27-17-21-8-7-9-22(30-2)23(21)29)26-16-19-10-12-20(13-11-19)18-28-14-5-4-6-15-28;/h7-13,29H,3-6,14-18H2,1-2H3,(H2,25,26,27);1H. The molecule has 0 aliphatic carbocycles. The van der Waals surface area contributed by atoms with Gasteiger partial charge in [-0.3, -0.25) is 4.90 Å². The van der Waals surface area contributed by atoms with E-state index in [0.717, 1.165) is 24.6 Å². The van der Waals surface area contributed by atoms with Crippen LogP contribution in [0.4, 0.5) is 0 Å². The van der Waals surface area contributed by atoms with Crippen molar-refractivity contribution < 1.29 is 9.84 Å². The van der Waals surface area contributed by atoms with Crippen molar-refractivity contribution in [2.75, 3.05) is 26.7 Å². The third-order valence-electron chi connectivity index (χ3n) is 5.39. The van der Waals surface area contributed by atoms with Crippen LogP contribution in [0.2, 0.25) is 0 Å². The van der Waals surface area contributed by atoms with E-state index in [1.807, 2.05) is 19.1 Å². The van der Waals surface area contributed by atoms with Crippen molar-refractivity contribution in [3.05, 3.63) is 59.2 Å². The lowest BCUT2D eigenvalue weighted by atomic mass is 10.1. The Balaban J connectivity index is 0.00000341. The third-order valence-corrected chi connectivity index (χ3v) is 5.39. The predicted octanol–water partition coefficient (Wildman–Crippen LogP) is 4.26. The largest absolute Gasteiger partial charge is 0.504 e. The van der Waals surface area contributed by atoms with E-state index < -0.39 is 0 Å². The van der Waals surface area contributed by atoms with Crippen LogP contribution in [0.15, 0.2) is 47.5 Å². The normalized spacial score (nSPS) is 14.6. The van der Waals surface area contributed by atoms with Gasteiger partial charge >= 0.3 is 0 Å². The minimum Gasteiger partial charge on any atom is -0.504 e. The summed E-state index contributed by atoms with van der Waals surface area (Å²) in [6.07, 6.45) is 4.01. The molecule has 0 radical (unpaired) electrons. The zero-order chi connectivity index (χ0) is 21.2. The molecule has 1 saturated heterocycles. The highest BCUT2D eigenvalue weighted by Crippen LogP contribution is 2.29. The van der Waals surface area contributed by atoms with E-state index >= 15 is 0 Å². The van der Waals surface area contributed by atoms with Gasteiger partial charge in [0.1, 0.15) is 0 Å². The molecule has 0 amide bonds. The SMILES string of the molecule is CCNC(=NCc1ccc(CN2CCCCC2)cc1)NCc1cccc(OC)c1O.I. The van der Waals surface area contributed by atoms with Gasteiger partial charge in [0.15, 0.2) is 17.5 Å². The molecule has 0 unspecified atom stereocenters. The number of halogens is 1. The summed E-state index contributed by atoms with van der Waals surface area (Å²) in [5, 5.41) is 16.8. The summed E-state index contributed by atoms with van der Waals surface area (Å²) in [7, 11) is 1.55. The highest BCUT2D eigenvalue weighted by Gasteiger charge is 2.10. The van der Waals surface area contributed by atoms with Crippen LogP contribution in [0.3, 0.4) is 0 Å². The second kappa shape index (κ2) is 13.4. The summed E-state index contributed by atoms with van der Waals surface area (Å²) in [4.78, 5) is 7.23. The first-order valence-corrected chi connectivity index (χ1v) is 10.9. The predicted molar refractivity (Wildman–Crippen MR) is 137 cm³/mol. The van der Waals surface area contributed by atoms with Gasteiger partial charge in [-0.25, -0.2) is 4.99 Å². The minimum atomic E-state index is 0. The topological polar surface area (TPSA) is 69.1 Å². The Kier molecular flexibility index (Phi) is 10.9. The maximum atomic E-state index is 10.3. The molecule has 0 bridgehead atoms. The molecular formula is C24H35IN4O2. The maximum Gasteiger partial charge on any atom is 0.191 e. The summed E-state index contributed by atoms with van der Waals surface area (Å²) in [5.41, 5.74) is 3.31. The number of piperidine rings is 1. The number of hydrogen-bond donors (Lipinski definition) is 3. The second-order valence-electron chi connectivity index (χ2n) is 7.67. The van der Waals surface area contributed by atoms with Crippen molar-refractivity contribution >= 4 is 29.9 Å². The Hall–Kier alpha value is -2.00. The van der Waals surface area contributed by atoms with Crippen LogP contribution < -0.4 is 15.4 Å². The molecule has 0 saturated carbocycles. The van der Waals surface area contributed by atoms with Crippen LogP contribution in [-0.2, 0) is 19.6 Å². The molecule has 0 spiro atoms. The molecule has 0 aromatic heterocycles. The van der Waals surface area contributed by atoms with Crippen LogP contribution in [-0.4, -0.2) is 42.7 Å². The maximum absolute atomic E-state index is 10.3. The van der Waals surface area contributed by atoms with Gasteiger partial charge in [-0.05, 0) is 50.0 Å². The first-order chi connectivity index (χ1) is 14.7. The summed E-state index contributed by atoms with van der Waals surface area (Å²) >= 11 is 0. The number of nitrogens with zero attached hydrogens (tertiary/aromatic N) is 2. The van der Waals surface area contributed by atoms with Gasteiger partial charge in [0.25, 0.3) is 0 Å². The van der Waals surface area contributed by atoms with Crippen LogP contribution in [0.5, 0.6) is 11.5 Å². The van der Waals surface area contributed by atoms with E-state index in [4.69, 9.17) is 4.74 Å². The Morgan fingerprint density at radius 1 is 1.03 bits per heavy atom. The molecule has 1 aliphatic heterocycles. The molecule has 2 aromatic carbocycles. The fraction of sp³-hybridized carbons (Fsp3) is 0.458. The molecular weight excluding hydrogens is 503 g/mol. The van der Waals surface area contributed by atoms with Gasteiger partial charge in [-0.1, -0.05) is 42.8 Å². The summed E-state index contributed by atoms with van der Waals surface area (Å²) in [6, 6.07) is 14.2. The lowest BCUT2D eigenvalue weighted by Crippen LogP contribution is -2.36. The first-order valence-electron chi connectivity index (χ1n) is 10.9. The van der Waals surface area contributed by atoms with Crippen molar-refractivity contribution in [1.82, 2.24) is 15.5 Å². The Bertz CT molecular complexity index is 821. The number of likely N-dealkylation sites (tertiary alicyclic amines) is 1. The number of nitrogens with one attached hydrogen (secondary N) is 2.